The van der Waals surface area contributed by atoms with E-state index in [1.54, 1.807) is 0 Å². The monoisotopic (exact) mass is 547 g/mol. The minimum absolute atomic E-state index is 0.0162. The molecule has 228 valence electrons. The molecular weight excluding hydrogens is 480 g/mol. The maximum absolute atomic E-state index is 12.5. The van der Waals surface area contributed by atoms with Crippen LogP contribution in [0, 0.1) is 80.3 Å². The summed E-state index contributed by atoms with van der Waals surface area (Å²) in [5.74, 6) is 3.26. The van der Waals surface area contributed by atoms with E-state index < -0.39 is 12.2 Å². The SMILES string of the molecule is CCC1CC(C(C)(C)C)C(C)C2C(O)C3C(C)C4(C)C(O)C(C(O)CC(C)(C)C)C(C)CC4(C)CC3(C)CC12. The summed E-state index contributed by atoms with van der Waals surface area (Å²) < 4.78 is 0. The van der Waals surface area contributed by atoms with Crippen molar-refractivity contribution in [2.75, 3.05) is 0 Å². The standard InChI is InChI=1S/C36H66O3/c1-14-23-15-25(33(8,9)10)21(3)28-24(23)17-34(11)19-35(12)16-20(2)27(26(37)18-32(5,6)7)31(39)36(35,13)22(4)29(34)30(28)38/h20-31,37-39H,14-19H2,1-13H3. The average Bonchev–Trinajstić information content (AvgIpc) is 2.74. The molecule has 4 fully saturated rings. The molecule has 4 rings (SSSR count). The molecule has 0 amide bonds. The molecule has 4 aliphatic rings. The average molecular weight is 547 g/mol. The zero-order valence-corrected chi connectivity index (χ0v) is 28.0. The highest BCUT2D eigenvalue weighted by atomic mass is 16.3. The highest BCUT2D eigenvalue weighted by Crippen LogP contribution is 2.73. The van der Waals surface area contributed by atoms with E-state index in [4.69, 9.17) is 0 Å². The Morgan fingerprint density at radius 2 is 1.51 bits per heavy atom. The van der Waals surface area contributed by atoms with Gasteiger partial charge in [0.05, 0.1) is 18.3 Å². The zero-order valence-electron chi connectivity index (χ0n) is 28.0. The summed E-state index contributed by atoms with van der Waals surface area (Å²) in [5, 5.41) is 36.4. The molecule has 0 aromatic rings. The molecule has 4 saturated carbocycles. The van der Waals surface area contributed by atoms with Crippen molar-refractivity contribution in [2.45, 2.75) is 147 Å². The fourth-order valence-electron chi connectivity index (χ4n) is 12.4. The molecular formula is C36H66O3. The molecule has 4 aliphatic carbocycles. The molecule has 0 saturated heterocycles. The quantitative estimate of drug-likeness (QED) is 0.334. The first-order chi connectivity index (χ1) is 17.6. The van der Waals surface area contributed by atoms with E-state index in [0.29, 0.717) is 36.0 Å². The van der Waals surface area contributed by atoms with Gasteiger partial charge < -0.3 is 15.3 Å². The Labute approximate surface area is 242 Å². The van der Waals surface area contributed by atoms with E-state index in [-0.39, 0.29) is 56.9 Å². The molecule has 3 nitrogen and oxygen atoms in total. The largest absolute Gasteiger partial charge is 0.393 e. The van der Waals surface area contributed by atoms with Crippen LogP contribution >= 0.6 is 0 Å². The Bertz CT molecular complexity index is 885. The summed E-state index contributed by atoms with van der Waals surface area (Å²) in [7, 11) is 0. The minimum Gasteiger partial charge on any atom is -0.393 e. The first-order valence-corrected chi connectivity index (χ1v) is 16.7. The van der Waals surface area contributed by atoms with Crippen LogP contribution in [-0.4, -0.2) is 33.6 Å². The smallest absolute Gasteiger partial charge is 0.0657 e. The van der Waals surface area contributed by atoms with Crippen LogP contribution < -0.4 is 0 Å². The van der Waals surface area contributed by atoms with Crippen molar-refractivity contribution in [3.8, 4) is 0 Å². The summed E-state index contributed by atoms with van der Waals surface area (Å²) in [4.78, 5) is 0. The molecule has 0 bridgehead atoms. The van der Waals surface area contributed by atoms with Crippen molar-refractivity contribution in [3.05, 3.63) is 0 Å². The number of aliphatic hydroxyl groups is 3. The van der Waals surface area contributed by atoms with E-state index in [2.05, 4.69) is 90.0 Å². The molecule has 0 heterocycles. The van der Waals surface area contributed by atoms with Crippen LogP contribution in [0.25, 0.3) is 0 Å². The second kappa shape index (κ2) is 9.97. The van der Waals surface area contributed by atoms with E-state index in [1.807, 2.05) is 0 Å². The molecule has 0 aromatic carbocycles. The molecule has 39 heavy (non-hydrogen) atoms. The van der Waals surface area contributed by atoms with Crippen molar-refractivity contribution in [3.63, 3.8) is 0 Å². The molecule has 3 heteroatoms. The third-order valence-corrected chi connectivity index (χ3v) is 14.1. The summed E-state index contributed by atoms with van der Waals surface area (Å²) in [6, 6.07) is 0. The van der Waals surface area contributed by atoms with Crippen LogP contribution in [0.5, 0.6) is 0 Å². The van der Waals surface area contributed by atoms with E-state index in [1.165, 1.54) is 19.3 Å². The van der Waals surface area contributed by atoms with Gasteiger partial charge in [-0.05, 0) is 101 Å². The maximum Gasteiger partial charge on any atom is 0.0657 e. The number of fused-ring (bicyclic) bond motifs is 3. The van der Waals surface area contributed by atoms with Gasteiger partial charge in [0.15, 0.2) is 0 Å². The lowest BCUT2D eigenvalue weighted by Crippen LogP contribution is -2.71. The number of aliphatic hydroxyl groups excluding tert-OH is 3. The zero-order chi connectivity index (χ0) is 29.7. The topological polar surface area (TPSA) is 60.7 Å². The van der Waals surface area contributed by atoms with Gasteiger partial charge >= 0.3 is 0 Å². The Morgan fingerprint density at radius 3 is 2.03 bits per heavy atom. The third kappa shape index (κ3) is 4.89. The van der Waals surface area contributed by atoms with Crippen LogP contribution in [0.3, 0.4) is 0 Å². The lowest BCUT2D eigenvalue weighted by Gasteiger charge is -2.72. The molecule has 3 N–H and O–H groups in total. The Kier molecular flexibility index (Phi) is 8.13. The summed E-state index contributed by atoms with van der Waals surface area (Å²) in [5.41, 5.74) is -0.0226. The van der Waals surface area contributed by atoms with Crippen LogP contribution in [0.1, 0.15) is 129 Å². The number of hydrogen-bond donors (Lipinski definition) is 3. The van der Waals surface area contributed by atoms with Crippen LogP contribution in [0.4, 0.5) is 0 Å². The second-order valence-electron chi connectivity index (χ2n) is 18.7. The van der Waals surface area contributed by atoms with Crippen molar-refractivity contribution in [1.82, 2.24) is 0 Å². The van der Waals surface area contributed by atoms with Gasteiger partial charge in [0, 0.05) is 11.3 Å². The Hall–Kier alpha value is -0.120. The van der Waals surface area contributed by atoms with E-state index >= 15 is 0 Å². The second-order valence-corrected chi connectivity index (χ2v) is 18.7. The third-order valence-electron chi connectivity index (χ3n) is 14.1. The van der Waals surface area contributed by atoms with Crippen molar-refractivity contribution >= 4 is 0 Å². The van der Waals surface area contributed by atoms with Crippen LogP contribution in [-0.2, 0) is 0 Å². The normalized spacial score (nSPS) is 53.4. The highest BCUT2D eigenvalue weighted by Gasteiger charge is 2.70. The van der Waals surface area contributed by atoms with Gasteiger partial charge in [0.1, 0.15) is 0 Å². The lowest BCUT2D eigenvalue weighted by molar-refractivity contribution is -0.283. The van der Waals surface area contributed by atoms with Gasteiger partial charge in [-0.3, -0.25) is 0 Å². The maximum atomic E-state index is 12.5. The highest BCUT2D eigenvalue weighted by molar-refractivity contribution is 5.19. The molecule has 0 radical (unpaired) electrons. The fourth-order valence-corrected chi connectivity index (χ4v) is 12.4. The minimum atomic E-state index is -0.567. The molecule has 0 aliphatic heterocycles. The van der Waals surface area contributed by atoms with Gasteiger partial charge in [-0.1, -0.05) is 96.4 Å². The number of hydrogen-bond acceptors (Lipinski definition) is 3. The van der Waals surface area contributed by atoms with Crippen LogP contribution in [0.2, 0.25) is 0 Å². The molecule has 0 spiro atoms. The first-order valence-electron chi connectivity index (χ1n) is 16.7. The Balaban J connectivity index is 1.75. The first kappa shape index (κ1) is 31.8. The van der Waals surface area contributed by atoms with Crippen molar-refractivity contribution in [2.24, 2.45) is 80.3 Å². The molecule has 15 unspecified atom stereocenters. The summed E-state index contributed by atoms with van der Waals surface area (Å²) in [6.45, 7) is 30.5. The summed E-state index contributed by atoms with van der Waals surface area (Å²) in [6.07, 6.45) is 5.14. The summed E-state index contributed by atoms with van der Waals surface area (Å²) >= 11 is 0. The lowest BCUT2D eigenvalue weighted by atomic mass is 9.33. The van der Waals surface area contributed by atoms with Crippen molar-refractivity contribution < 1.29 is 15.3 Å². The van der Waals surface area contributed by atoms with E-state index in [9.17, 15) is 15.3 Å². The van der Waals surface area contributed by atoms with Crippen LogP contribution in [0.15, 0.2) is 0 Å². The predicted molar refractivity (Wildman–Crippen MR) is 163 cm³/mol. The molecule has 0 aromatic heterocycles. The fraction of sp³-hybridized carbons (Fsp3) is 1.00. The van der Waals surface area contributed by atoms with Gasteiger partial charge in [-0.2, -0.15) is 0 Å². The number of rotatable bonds is 3. The van der Waals surface area contributed by atoms with Crippen molar-refractivity contribution in [1.29, 1.82) is 0 Å². The van der Waals surface area contributed by atoms with Gasteiger partial charge in [-0.15, -0.1) is 0 Å². The van der Waals surface area contributed by atoms with E-state index in [0.717, 1.165) is 12.8 Å². The van der Waals surface area contributed by atoms with Gasteiger partial charge in [0.25, 0.3) is 0 Å². The van der Waals surface area contributed by atoms with Gasteiger partial charge in [-0.25, -0.2) is 0 Å². The predicted octanol–water partition coefficient (Wildman–Crippen LogP) is 8.20. The van der Waals surface area contributed by atoms with Gasteiger partial charge in [0.2, 0.25) is 0 Å². The molecule has 15 atom stereocenters. The Morgan fingerprint density at radius 1 is 0.923 bits per heavy atom.